The number of unbranched alkanes of at least 4 members (excludes halogenated alkanes) is 1. The highest BCUT2D eigenvalue weighted by atomic mass is 32.2. The van der Waals surface area contributed by atoms with Crippen LogP contribution in [0.25, 0.3) is 0 Å². The van der Waals surface area contributed by atoms with Gasteiger partial charge in [0.05, 0.1) is 18.3 Å². The first-order valence-electron chi connectivity index (χ1n) is 10.2. The summed E-state index contributed by atoms with van der Waals surface area (Å²) in [5, 5.41) is 21.1. The van der Waals surface area contributed by atoms with Gasteiger partial charge < -0.3 is 14.9 Å². The fraction of sp³-hybridized carbons (Fsp3) is 0.522. The van der Waals surface area contributed by atoms with E-state index in [0.29, 0.717) is 30.5 Å². The number of ether oxygens (including phenoxy) is 1. The maximum atomic E-state index is 10.5. The molecule has 5 heteroatoms. The van der Waals surface area contributed by atoms with Crippen LogP contribution in [0.3, 0.4) is 0 Å². The number of thioether (sulfide) groups is 1. The molecule has 152 valence electrons. The zero-order valence-corrected chi connectivity index (χ0v) is 17.0. The molecule has 28 heavy (non-hydrogen) atoms. The smallest absolute Gasteiger partial charge is 0.303 e. The molecule has 2 aliphatic rings. The minimum atomic E-state index is -0.728. The Hall–Kier alpha value is -1.56. The van der Waals surface area contributed by atoms with E-state index >= 15 is 0 Å². The second-order valence-electron chi connectivity index (χ2n) is 7.59. The number of aliphatic hydroxyl groups excluding tert-OH is 1. The fourth-order valence-electron chi connectivity index (χ4n) is 4.23. The first kappa shape index (κ1) is 21.2. The van der Waals surface area contributed by atoms with Crippen molar-refractivity contribution in [3.8, 4) is 0 Å². The Morgan fingerprint density at radius 3 is 2.82 bits per heavy atom. The van der Waals surface area contributed by atoms with Crippen molar-refractivity contribution in [2.45, 2.75) is 56.8 Å². The zero-order chi connectivity index (χ0) is 19.8. The van der Waals surface area contributed by atoms with Crippen molar-refractivity contribution in [2.75, 3.05) is 5.75 Å². The van der Waals surface area contributed by atoms with Crippen molar-refractivity contribution in [1.29, 1.82) is 0 Å². The molecule has 2 N–H and O–H groups in total. The van der Waals surface area contributed by atoms with Gasteiger partial charge in [0.25, 0.3) is 0 Å². The number of hydrogen-bond acceptors (Lipinski definition) is 4. The first-order valence-corrected chi connectivity index (χ1v) is 11.2. The average molecular weight is 403 g/mol. The standard InChI is InChI=1S/C23H30O4S/c24-20(17-7-3-1-4-8-17)11-10-18-19(22-13-12-21(18)27-22)14-16-28-15-6-2-5-9-23(25)26/h1,3-4,6-8,10-11,15,18-22,24H,2,5,9,12-14,16H2,(H,25,26)/t18-,19+,20?,21-,22+/m0/s1. The largest absolute Gasteiger partial charge is 0.481 e. The minimum Gasteiger partial charge on any atom is -0.481 e. The van der Waals surface area contributed by atoms with Crippen molar-refractivity contribution in [2.24, 2.45) is 11.8 Å². The number of carboxylic acids is 1. The van der Waals surface area contributed by atoms with Crippen molar-refractivity contribution < 1.29 is 19.7 Å². The van der Waals surface area contributed by atoms with Crippen LogP contribution < -0.4 is 0 Å². The van der Waals surface area contributed by atoms with E-state index in [4.69, 9.17) is 9.84 Å². The van der Waals surface area contributed by atoms with E-state index < -0.39 is 12.1 Å². The maximum absolute atomic E-state index is 10.5. The third-order valence-electron chi connectivity index (χ3n) is 5.67. The molecule has 0 spiro atoms. The van der Waals surface area contributed by atoms with Gasteiger partial charge in [-0.05, 0) is 54.7 Å². The van der Waals surface area contributed by atoms with Gasteiger partial charge in [0.15, 0.2) is 0 Å². The van der Waals surface area contributed by atoms with Crippen molar-refractivity contribution >= 4 is 17.7 Å². The van der Waals surface area contributed by atoms with E-state index in [-0.39, 0.29) is 6.42 Å². The van der Waals surface area contributed by atoms with Gasteiger partial charge in [-0.2, -0.15) is 0 Å². The lowest BCUT2D eigenvalue weighted by Gasteiger charge is -2.25. The Morgan fingerprint density at radius 1 is 1.25 bits per heavy atom. The number of rotatable bonds is 11. The molecule has 4 nitrogen and oxygen atoms in total. The molecule has 3 rings (SSSR count). The Labute approximate surface area is 171 Å². The van der Waals surface area contributed by atoms with E-state index in [1.807, 2.05) is 36.4 Å². The molecule has 5 atom stereocenters. The molecule has 2 saturated heterocycles. The van der Waals surface area contributed by atoms with Crippen LogP contribution in [0, 0.1) is 11.8 Å². The summed E-state index contributed by atoms with van der Waals surface area (Å²) in [5.41, 5.74) is 0.919. The second kappa shape index (κ2) is 10.8. The molecule has 2 fully saturated rings. The van der Waals surface area contributed by atoms with Crippen molar-refractivity contribution in [3.05, 3.63) is 59.5 Å². The van der Waals surface area contributed by atoms with E-state index in [0.717, 1.165) is 37.0 Å². The van der Waals surface area contributed by atoms with Crippen LogP contribution >= 0.6 is 11.8 Å². The van der Waals surface area contributed by atoms with Crippen LogP contribution in [0.5, 0.6) is 0 Å². The van der Waals surface area contributed by atoms with Crippen LogP contribution in [0.1, 0.15) is 50.2 Å². The molecule has 1 aromatic carbocycles. The number of carbonyl (C=O) groups is 1. The van der Waals surface area contributed by atoms with Crippen molar-refractivity contribution in [1.82, 2.24) is 0 Å². The van der Waals surface area contributed by atoms with Gasteiger partial charge in [-0.15, -0.1) is 11.8 Å². The summed E-state index contributed by atoms with van der Waals surface area (Å²) in [6.45, 7) is 0. The number of allylic oxidation sites excluding steroid dienone is 1. The summed E-state index contributed by atoms with van der Waals surface area (Å²) >= 11 is 1.79. The van der Waals surface area contributed by atoms with E-state index in [1.54, 1.807) is 11.8 Å². The van der Waals surface area contributed by atoms with Gasteiger partial charge in [-0.1, -0.05) is 48.6 Å². The Balaban J connectivity index is 1.45. The van der Waals surface area contributed by atoms with Gasteiger partial charge in [0.1, 0.15) is 0 Å². The SMILES string of the molecule is O=C(O)CCCC=CSCC[C@@H]1[C@H](C=CC(O)c2ccccc2)[C@@H]2CC[C@H]1O2. The second-order valence-corrected chi connectivity index (χ2v) is 8.60. The number of carboxylic acid groups (broad SMARTS) is 1. The number of fused-ring (bicyclic) bond motifs is 2. The molecule has 0 aromatic heterocycles. The van der Waals surface area contributed by atoms with E-state index in [2.05, 4.69) is 17.6 Å². The molecule has 0 saturated carbocycles. The van der Waals surface area contributed by atoms with Crippen molar-refractivity contribution in [3.63, 3.8) is 0 Å². The first-order chi connectivity index (χ1) is 13.6. The lowest BCUT2D eigenvalue weighted by atomic mass is 9.77. The Kier molecular flexibility index (Phi) is 8.19. The van der Waals surface area contributed by atoms with Gasteiger partial charge >= 0.3 is 5.97 Å². The summed E-state index contributed by atoms with van der Waals surface area (Å²) in [6, 6.07) is 9.75. The number of aliphatic hydroxyl groups is 1. The average Bonchev–Trinajstić information content (AvgIpc) is 3.30. The third-order valence-corrected chi connectivity index (χ3v) is 6.52. The highest BCUT2D eigenvalue weighted by molar-refractivity contribution is 8.02. The van der Waals surface area contributed by atoms with E-state index in [9.17, 15) is 9.90 Å². The summed E-state index contributed by atoms with van der Waals surface area (Å²) in [7, 11) is 0. The van der Waals surface area contributed by atoms with Gasteiger partial charge in [-0.25, -0.2) is 0 Å². The molecular weight excluding hydrogens is 372 g/mol. The minimum absolute atomic E-state index is 0.236. The normalized spacial score (nSPS) is 27.8. The molecule has 2 aliphatic heterocycles. The summed E-state index contributed by atoms with van der Waals surface area (Å²) in [4.78, 5) is 10.5. The predicted molar refractivity (Wildman–Crippen MR) is 113 cm³/mol. The number of benzene rings is 1. The lowest BCUT2D eigenvalue weighted by Crippen LogP contribution is -2.26. The van der Waals surface area contributed by atoms with Crippen LogP contribution in [-0.4, -0.2) is 34.1 Å². The molecule has 2 heterocycles. The molecule has 2 bridgehead atoms. The van der Waals surface area contributed by atoms with Crippen LogP contribution in [0.4, 0.5) is 0 Å². The summed E-state index contributed by atoms with van der Waals surface area (Å²) in [5.74, 6) is 1.22. The molecular formula is C23H30O4S. The highest BCUT2D eigenvalue weighted by Gasteiger charge is 2.47. The van der Waals surface area contributed by atoms with Crippen LogP contribution in [-0.2, 0) is 9.53 Å². The Morgan fingerprint density at radius 2 is 2.04 bits per heavy atom. The summed E-state index contributed by atoms with van der Waals surface area (Å²) < 4.78 is 6.15. The molecule has 1 unspecified atom stereocenters. The van der Waals surface area contributed by atoms with Crippen LogP contribution in [0.2, 0.25) is 0 Å². The fourth-order valence-corrected chi connectivity index (χ4v) is 5.05. The molecule has 0 radical (unpaired) electrons. The lowest BCUT2D eigenvalue weighted by molar-refractivity contribution is -0.137. The van der Waals surface area contributed by atoms with Crippen LogP contribution in [0.15, 0.2) is 54.0 Å². The number of hydrogen-bond donors (Lipinski definition) is 2. The molecule has 0 amide bonds. The van der Waals surface area contributed by atoms with Gasteiger partial charge in [0.2, 0.25) is 0 Å². The Bertz CT molecular complexity index is 672. The van der Waals surface area contributed by atoms with Gasteiger partial charge in [-0.3, -0.25) is 4.79 Å². The predicted octanol–water partition coefficient (Wildman–Crippen LogP) is 4.96. The maximum Gasteiger partial charge on any atom is 0.303 e. The topological polar surface area (TPSA) is 66.8 Å². The zero-order valence-electron chi connectivity index (χ0n) is 16.2. The number of aliphatic carboxylic acids is 1. The van der Waals surface area contributed by atoms with Gasteiger partial charge in [0, 0.05) is 12.3 Å². The quantitative estimate of drug-likeness (QED) is 0.404. The highest BCUT2D eigenvalue weighted by Crippen LogP contribution is 2.46. The monoisotopic (exact) mass is 402 g/mol. The summed E-state index contributed by atoms with van der Waals surface area (Å²) in [6.07, 6.45) is 11.4. The third kappa shape index (κ3) is 5.97. The van der Waals surface area contributed by atoms with E-state index in [1.165, 1.54) is 0 Å². The molecule has 1 aromatic rings. The molecule has 0 aliphatic carbocycles.